The van der Waals surface area contributed by atoms with Crippen molar-refractivity contribution in [2.75, 3.05) is 25.1 Å². The number of nitrogens with one attached hydrogen (secondary N) is 1. The molecule has 0 radical (unpaired) electrons. The van der Waals surface area contributed by atoms with Crippen molar-refractivity contribution < 1.29 is 17.9 Å². The van der Waals surface area contributed by atoms with Gasteiger partial charge in [0.25, 0.3) is 0 Å². The Bertz CT molecular complexity index is 883. The highest BCUT2D eigenvalue weighted by Gasteiger charge is 2.18. The van der Waals surface area contributed by atoms with E-state index in [2.05, 4.69) is 4.72 Å². The van der Waals surface area contributed by atoms with Gasteiger partial charge in [0.15, 0.2) is 0 Å². The number of hydrogen-bond acceptors (Lipinski definition) is 4. The van der Waals surface area contributed by atoms with Crippen LogP contribution >= 0.6 is 11.6 Å². The number of hydrogen-bond donors (Lipinski definition) is 1. The summed E-state index contributed by atoms with van der Waals surface area (Å²) in [5.41, 5.74) is 1.57. The average molecular weight is 397 g/mol. The smallest absolute Gasteiger partial charge is 0.240 e. The molecule has 1 N–H and O–H groups in total. The molecule has 0 unspecified atom stereocenters. The van der Waals surface area contributed by atoms with Crippen LogP contribution in [0.5, 0.6) is 5.75 Å². The van der Waals surface area contributed by atoms with E-state index in [1.54, 1.807) is 6.07 Å². The van der Waals surface area contributed by atoms with Gasteiger partial charge in [0.1, 0.15) is 5.75 Å². The number of nitrogens with zero attached hydrogens (tertiary/aromatic N) is 1. The Labute approximate surface area is 158 Å². The Hall–Kier alpha value is -2.09. The molecule has 2 rings (SSSR count). The average Bonchev–Trinajstić information content (AvgIpc) is 2.58. The molecular weight excluding hydrogens is 376 g/mol. The number of amides is 1. The fraction of sp³-hybridized carbons (Fsp3) is 0.278. The first-order valence-electron chi connectivity index (χ1n) is 7.92. The van der Waals surface area contributed by atoms with Crippen LogP contribution in [0.4, 0.5) is 5.69 Å². The molecule has 1 amide bonds. The number of sulfonamides is 1. The van der Waals surface area contributed by atoms with Gasteiger partial charge in [-0.05, 0) is 48.9 Å². The van der Waals surface area contributed by atoms with Crippen molar-refractivity contribution in [3.8, 4) is 5.75 Å². The lowest BCUT2D eigenvalue weighted by Crippen LogP contribution is -2.37. The van der Waals surface area contributed by atoms with Gasteiger partial charge in [0.2, 0.25) is 15.9 Å². The number of methoxy groups -OCH3 is 1. The van der Waals surface area contributed by atoms with E-state index in [1.807, 2.05) is 19.1 Å². The monoisotopic (exact) mass is 396 g/mol. The molecule has 0 bridgehead atoms. The first-order chi connectivity index (χ1) is 12.2. The molecular formula is C18H21ClN2O4S. The van der Waals surface area contributed by atoms with Crippen molar-refractivity contribution >= 4 is 33.2 Å². The highest BCUT2D eigenvalue weighted by molar-refractivity contribution is 7.89. The number of rotatable bonds is 7. The molecule has 26 heavy (non-hydrogen) atoms. The molecule has 0 heterocycles. The standard InChI is InChI=1S/C18H21ClN2O4S/c1-13-4-9-18(25-3)17(12-13)21(14(2)22)11-10-20-26(23,24)16-7-5-15(19)6-8-16/h4-9,12,20H,10-11H2,1-3H3. The zero-order valence-corrected chi connectivity index (χ0v) is 16.4. The van der Waals surface area contributed by atoms with Crippen LogP contribution in [0.2, 0.25) is 5.02 Å². The minimum absolute atomic E-state index is 0.0572. The van der Waals surface area contributed by atoms with Crippen LogP contribution in [0.3, 0.4) is 0 Å². The Morgan fingerprint density at radius 1 is 1.19 bits per heavy atom. The number of carbonyl (C=O) groups excluding carboxylic acids is 1. The van der Waals surface area contributed by atoms with Crippen LogP contribution in [0, 0.1) is 6.92 Å². The van der Waals surface area contributed by atoms with Gasteiger partial charge < -0.3 is 9.64 Å². The molecule has 0 atom stereocenters. The summed E-state index contributed by atoms with van der Waals surface area (Å²) >= 11 is 5.78. The van der Waals surface area contributed by atoms with Crippen LogP contribution in [0.1, 0.15) is 12.5 Å². The molecule has 0 spiro atoms. The third-order valence-electron chi connectivity index (χ3n) is 3.76. The highest BCUT2D eigenvalue weighted by atomic mass is 35.5. The van der Waals surface area contributed by atoms with Gasteiger partial charge in [-0.3, -0.25) is 4.79 Å². The molecule has 140 valence electrons. The maximum Gasteiger partial charge on any atom is 0.240 e. The summed E-state index contributed by atoms with van der Waals surface area (Å²) in [6.07, 6.45) is 0. The van der Waals surface area contributed by atoms with Crippen LogP contribution in [0.15, 0.2) is 47.4 Å². The largest absolute Gasteiger partial charge is 0.495 e. The molecule has 0 fully saturated rings. The SMILES string of the molecule is COc1ccc(C)cc1N(CCNS(=O)(=O)c1ccc(Cl)cc1)C(C)=O. The van der Waals surface area contributed by atoms with E-state index in [4.69, 9.17) is 16.3 Å². The first-order valence-corrected chi connectivity index (χ1v) is 9.78. The summed E-state index contributed by atoms with van der Waals surface area (Å²) in [4.78, 5) is 13.7. The van der Waals surface area contributed by atoms with Gasteiger partial charge >= 0.3 is 0 Å². The first kappa shape index (κ1) is 20.2. The number of benzene rings is 2. The molecule has 2 aromatic rings. The zero-order valence-electron chi connectivity index (χ0n) is 14.8. The van der Waals surface area contributed by atoms with Crippen LogP contribution in [0.25, 0.3) is 0 Å². The van der Waals surface area contributed by atoms with Crippen molar-refractivity contribution in [3.05, 3.63) is 53.1 Å². The molecule has 6 nitrogen and oxygen atoms in total. The Morgan fingerprint density at radius 3 is 2.42 bits per heavy atom. The van der Waals surface area contributed by atoms with E-state index in [9.17, 15) is 13.2 Å². The second kappa shape index (κ2) is 8.53. The molecule has 2 aromatic carbocycles. The van der Waals surface area contributed by atoms with E-state index >= 15 is 0 Å². The fourth-order valence-electron chi connectivity index (χ4n) is 2.45. The van der Waals surface area contributed by atoms with Crippen LogP contribution in [-0.4, -0.2) is 34.5 Å². The number of aryl methyl sites for hydroxylation is 1. The Balaban J connectivity index is 2.14. The van der Waals surface area contributed by atoms with Gasteiger partial charge in [-0.1, -0.05) is 17.7 Å². The quantitative estimate of drug-likeness (QED) is 0.780. The van der Waals surface area contributed by atoms with Gasteiger partial charge in [-0.15, -0.1) is 0 Å². The van der Waals surface area contributed by atoms with Crippen molar-refractivity contribution in [1.29, 1.82) is 0 Å². The maximum absolute atomic E-state index is 12.3. The summed E-state index contributed by atoms with van der Waals surface area (Å²) < 4.78 is 32.5. The second-order valence-corrected chi connectivity index (χ2v) is 7.90. The number of halogens is 1. The normalized spacial score (nSPS) is 11.2. The summed E-state index contributed by atoms with van der Waals surface area (Å²) in [5.74, 6) is 0.339. The van der Waals surface area contributed by atoms with Crippen molar-refractivity contribution in [3.63, 3.8) is 0 Å². The summed E-state index contributed by atoms with van der Waals surface area (Å²) in [7, 11) is -2.16. The van der Waals surface area contributed by atoms with E-state index in [1.165, 1.54) is 43.2 Å². The molecule has 0 aromatic heterocycles. The molecule has 0 aliphatic rings. The summed E-state index contributed by atoms with van der Waals surface area (Å²) in [5, 5.41) is 0.457. The third kappa shape index (κ3) is 4.97. The highest BCUT2D eigenvalue weighted by Crippen LogP contribution is 2.29. The van der Waals surface area contributed by atoms with Gasteiger partial charge in [0.05, 0.1) is 17.7 Å². The predicted octanol–water partition coefficient (Wildman–Crippen LogP) is 2.99. The Morgan fingerprint density at radius 2 is 1.85 bits per heavy atom. The maximum atomic E-state index is 12.3. The molecule has 0 saturated heterocycles. The van der Waals surface area contributed by atoms with E-state index in [0.717, 1.165) is 5.56 Å². The number of anilines is 1. The number of carbonyl (C=O) groups is 1. The Kier molecular flexibility index (Phi) is 6.63. The molecule has 0 aliphatic carbocycles. The van der Waals surface area contributed by atoms with E-state index in [-0.39, 0.29) is 23.9 Å². The second-order valence-electron chi connectivity index (χ2n) is 5.70. The predicted molar refractivity (Wildman–Crippen MR) is 102 cm³/mol. The number of ether oxygens (including phenoxy) is 1. The topological polar surface area (TPSA) is 75.7 Å². The lowest BCUT2D eigenvalue weighted by atomic mass is 10.2. The molecule has 0 saturated carbocycles. The molecule has 8 heteroatoms. The molecule has 0 aliphatic heterocycles. The minimum atomic E-state index is -3.68. The van der Waals surface area contributed by atoms with Gasteiger partial charge in [-0.25, -0.2) is 13.1 Å². The van der Waals surface area contributed by atoms with E-state index in [0.29, 0.717) is 16.5 Å². The van der Waals surface area contributed by atoms with Crippen LogP contribution < -0.4 is 14.4 Å². The zero-order chi connectivity index (χ0) is 19.3. The van der Waals surface area contributed by atoms with Crippen molar-refractivity contribution in [2.45, 2.75) is 18.7 Å². The van der Waals surface area contributed by atoms with Gasteiger partial charge in [-0.2, -0.15) is 0 Å². The van der Waals surface area contributed by atoms with Crippen molar-refractivity contribution in [2.24, 2.45) is 0 Å². The lowest BCUT2D eigenvalue weighted by molar-refractivity contribution is -0.116. The minimum Gasteiger partial charge on any atom is -0.495 e. The van der Waals surface area contributed by atoms with Gasteiger partial charge in [0, 0.05) is 25.0 Å². The summed E-state index contributed by atoms with van der Waals surface area (Å²) in [6.45, 7) is 3.56. The third-order valence-corrected chi connectivity index (χ3v) is 5.49. The van der Waals surface area contributed by atoms with E-state index < -0.39 is 10.0 Å². The summed E-state index contributed by atoms with van der Waals surface area (Å²) in [6, 6.07) is 11.4. The van der Waals surface area contributed by atoms with Crippen LogP contribution in [-0.2, 0) is 14.8 Å². The lowest BCUT2D eigenvalue weighted by Gasteiger charge is -2.24. The fourth-order valence-corrected chi connectivity index (χ4v) is 3.59. The van der Waals surface area contributed by atoms with Crippen molar-refractivity contribution in [1.82, 2.24) is 4.72 Å².